The normalized spacial score (nSPS) is 15.8. The van der Waals surface area contributed by atoms with Gasteiger partial charge in [0.05, 0.1) is 0 Å². The largest absolute Gasteiger partial charge is 0.301 e. The van der Waals surface area contributed by atoms with Gasteiger partial charge in [-0.15, -0.1) is 0 Å². The Balaban J connectivity index is 4.44. The molecule has 0 saturated carbocycles. The molecule has 15 heavy (non-hydrogen) atoms. The van der Waals surface area contributed by atoms with Crippen LogP contribution < -0.4 is 0 Å². The molecule has 0 spiro atoms. The third-order valence-electron chi connectivity index (χ3n) is 3.80. The summed E-state index contributed by atoms with van der Waals surface area (Å²) < 4.78 is 0. The van der Waals surface area contributed by atoms with Crippen LogP contribution in [0.1, 0.15) is 48.0 Å². The standard InChI is InChI=1S/C13H28BrN/c1-8-13(5,6)15(7)10-11(9-14)12(2,3)4/h11H,8-10H2,1-7H3. The van der Waals surface area contributed by atoms with E-state index >= 15 is 0 Å². The number of hydrogen-bond donors (Lipinski definition) is 0. The van der Waals surface area contributed by atoms with Gasteiger partial charge >= 0.3 is 0 Å². The molecule has 0 radical (unpaired) electrons. The quantitative estimate of drug-likeness (QED) is 0.682. The molecule has 0 N–H and O–H groups in total. The second-order valence-corrected chi connectivity index (χ2v) is 6.91. The van der Waals surface area contributed by atoms with Crippen molar-refractivity contribution >= 4 is 15.9 Å². The number of halogens is 1. The molecule has 0 aromatic carbocycles. The first-order valence-electron chi connectivity index (χ1n) is 5.92. The SMILES string of the molecule is CCC(C)(C)N(C)CC(CBr)C(C)(C)C. The summed E-state index contributed by atoms with van der Waals surface area (Å²) in [6.07, 6.45) is 1.20. The molecule has 1 nitrogen and oxygen atoms in total. The molecule has 0 bridgehead atoms. The maximum Gasteiger partial charge on any atom is 0.0147 e. The van der Waals surface area contributed by atoms with Gasteiger partial charge in [0.15, 0.2) is 0 Å². The van der Waals surface area contributed by atoms with Crippen LogP contribution in [0.4, 0.5) is 0 Å². The van der Waals surface area contributed by atoms with Crippen molar-refractivity contribution in [1.29, 1.82) is 0 Å². The lowest BCUT2D eigenvalue weighted by Gasteiger charge is -2.40. The molecular formula is C13H28BrN. The third-order valence-corrected chi connectivity index (χ3v) is 4.59. The average Bonchev–Trinajstić information content (AvgIpc) is 2.11. The molecule has 0 aromatic heterocycles. The highest BCUT2D eigenvalue weighted by Gasteiger charge is 2.29. The Kier molecular flexibility index (Phi) is 5.84. The third kappa shape index (κ3) is 4.86. The predicted octanol–water partition coefficient (Wildman–Crippen LogP) is 4.16. The summed E-state index contributed by atoms with van der Waals surface area (Å²) in [7, 11) is 2.24. The molecular weight excluding hydrogens is 250 g/mol. The smallest absolute Gasteiger partial charge is 0.0147 e. The number of rotatable bonds is 5. The Morgan fingerprint density at radius 2 is 1.60 bits per heavy atom. The van der Waals surface area contributed by atoms with E-state index in [2.05, 4.69) is 69.4 Å². The van der Waals surface area contributed by atoms with Crippen molar-refractivity contribution in [2.24, 2.45) is 11.3 Å². The summed E-state index contributed by atoms with van der Waals surface area (Å²) in [6, 6.07) is 0. The van der Waals surface area contributed by atoms with E-state index in [1.165, 1.54) is 6.42 Å². The van der Waals surface area contributed by atoms with E-state index in [9.17, 15) is 0 Å². The van der Waals surface area contributed by atoms with Gasteiger partial charge in [-0.25, -0.2) is 0 Å². The molecule has 0 amide bonds. The van der Waals surface area contributed by atoms with Gasteiger partial charge in [0.2, 0.25) is 0 Å². The van der Waals surface area contributed by atoms with Crippen LogP contribution in [0.2, 0.25) is 0 Å². The first-order chi connectivity index (χ1) is 6.65. The number of nitrogens with zero attached hydrogens (tertiary/aromatic N) is 1. The topological polar surface area (TPSA) is 3.24 Å². The van der Waals surface area contributed by atoms with Crippen LogP contribution in [0.5, 0.6) is 0 Å². The first-order valence-corrected chi connectivity index (χ1v) is 7.04. The van der Waals surface area contributed by atoms with Crippen molar-refractivity contribution in [1.82, 2.24) is 4.90 Å². The van der Waals surface area contributed by atoms with E-state index in [4.69, 9.17) is 0 Å². The van der Waals surface area contributed by atoms with E-state index in [1.807, 2.05) is 0 Å². The summed E-state index contributed by atoms with van der Waals surface area (Å²) >= 11 is 3.64. The van der Waals surface area contributed by atoms with Gasteiger partial charge < -0.3 is 4.90 Å². The predicted molar refractivity (Wildman–Crippen MR) is 73.7 cm³/mol. The first kappa shape index (κ1) is 15.4. The van der Waals surface area contributed by atoms with Crippen LogP contribution in [-0.2, 0) is 0 Å². The van der Waals surface area contributed by atoms with Gasteiger partial charge in [0.25, 0.3) is 0 Å². The summed E-state index contributed by atoms with van der Waals surface area (Å²) in [5.41, 5.74) is 0.688. The van der Waals surface area contributed by atoms with Crippen LogP contribution >= 0.6 is 15.9 Å². The summed E-state index contributed by atoms with van der Waals surface area (Å²) in [4.78, 5) is 2.49. The van der Waals surface area contributed by atoms with Crippen LogP contribution in [0.25, 0.3) is 0 Å². The lowest BCUT2D eigenvalue weighted by Crippen LogP contribution is -2.45. The minimum absolute atomic E-state index is 0.311. The lowest BCUT2D eigenvalue weighted by atomic mass is 9.81. The van der Waals surface area contributed by atoms with Crippen molar-refractivity contribution < 1.29 is 0 Å². The molecule has 1 atom stereocenters. The molecule has 0 rings (SSSR count). The monoisotopic (exact) mass is 277 g/mol. The Morgan fingerprint density at radius 1 is 1.13 bits per heavy atom. The average molecular weight is 278 g/mol. The van der Waals surface area contributed by atoms with Crippen molar-refractivity contribution in [2.45, 2.75) is 53.5 Å². The van der Waals surface area contributed by atoms with E-state index in [0.717, 1.165) is 11.9 Å². The van der Waals surface area contributed by atoms with Gasteiger partial charge in [0, 0.05) is 17.4 Å². The van der Waals surface area contributed by atoms with Crippen LogP contribution in [0.3, 0.4) is 0 Å². The van der Waals surface area contributed by atoms with Gasteiger partial charge in [0.1, 0.15) is 0 Å². The fourth-order valence-corrected chi connectivity index (χ4v) is 2.58. The maximum atomic E-state index is 3.64. The highest BCUT2D eigenvalue weighted by atomic mass is 79.9. The molecule has 0 aliphatic heterocycles. The van der Waals surface area contributed by atoms with Gasteiger partial charge in [-0.1, -0.05) is 43.6 Å². The molecule has 92 valence electrons. The van der Waals surface area contributed by atoms with Crippen molar-refractivity contribution in [3.63, 3.8) is 0 Å². The molecule has 0 aliphatic carbocycles. The summed E-state index contributed by atoms with van der Waals surface area (Å²) in [5.74, 6) is 0.702. The molecule has 0 fully saturated rings. The zero-order valence-electron chi connectivity index (χ0n) is 11.5. The fourth-order valence-electron chi connectivity index (χ4n) is 1.40. The minimum Gasteiger partial charge on any atom is -0.301 e. The second kappa shape index (κ2) is 5.67. The minimum atomic E-state index is 0.311. The van der Waals surface area contributed by atoms with Crippen LogP contribution in [-0.4, -0.2) is 29.4 Å². The molecule has 0 aromatic rings. The molecule has 0 heterocycles. The van der Waals surface area contributed by atoms with E-state index in [1.54, 1.807) is 0 Å². The van der Waals surface area contributed by atoms with E-state index in [-0.39, 0.29) is 0 Å². The highest BCUT2D eigenvalue weighted by molar-refractivity contribution is 9.09. The highest BCUT2D eigenvalue weighted by Crippen LogP contribution is 2.30. The van der Waals surface area contributed by atoms with Gasteiger partial charge in [-0.05, 0) is 38.6 Å². The van der Waals surface area contributed by atoms with Gasteiger partial charge in [-0.2, -0.15) is 0 Å². The summed E-state index contributed by atoms with van der Waals surface area (Å²) in [6.45, 7) is 15.0. The molecule has 0 saturated heterocycles. The molecule has 2 heteroatoms. The number of hydrogen-bond acceptors (Lipinski definition) is 1. The maximum absolute atomic E-state index is 3.64. The van der Waals surface area contributed by atoms with E-state index in [0.29, 0.717) is 16.9 Å². The van der Waals surface area contributed by atoms with Crippen molar-refractivity contribution in [3.8, 4) is 0 Å². The van der Waals surface area contributed by atoms with E-state index < -0.39 is 0 Å². The Labute approximate surface area is 105 Å². The molecule has 1 unspecified atom stereocenters. The Bertz CT molecular complexity index is 181. The van der Waals surface area contributed by atoms with Crippen LogP contribution in [0.15, 0.2) is 0 Å². The fraction of sp³-hybridized carbons (Fsp3) is 1.00. The Hall–Kier alpha value is 0.440. The van der Waals surface area contributed by atoms with Crippen molar-refractivity contribution in [3.05, 3.63) is 0 Å². The summed E-state index contributed by atoms with van der Waals surface area (Å²) in [5, 5.41) is 1.08. The zero-order chi connectivity index (χ0) is 12.3. The lowest BCUT2D eigenvalue weighted by molar-refractivity contribution is 0.0988. The number of alkyl halides is 1. The van der Waals surface area contributed by atoms with Crippen LogP contribution in [0, 0.1) is 11.3 Å². The van der Waals surface area contributed by atoms with Gasteiger partial charge in [-0.3, -0.25) is 0 Å². The Morgan fingerprint density at radius 3 is 1.87 bits per heavy atom. The van der Waals surface area contributed by atoms with Crippen molar-refractivity contribution in [2.75, 3.05) is 18.9 Å². The molecule has 0 aliphatic rings. The second-order valence-electron chi connectivity index (χ2n) is 6.26. The zero-order valence-corrected chi connectivity index (χ0v) is 13.1.